The largest absolute Gasteiger partial charge is 0.456 e. The van der Waals surface area contributed by atoms with E-state index in [9.17, 15) is 9.32 Å². The Morgan fingerprint density at radius 3 is 2.58 bits per heavy atom. The lowest BCUT2D eigenvalue weighted by Crippen LogP contribution is -2.00. The number of para-hydroxylation sites is 2. The monoisotopic (exact) mass is 256 g/mol. The Kier molecular flexibility index (Phi) is 2.76. The molecular formula is C15H9FO3. The number of benzene rings is 2. The van der Waals surface area contributed by atoms with Crippen LogP contribution in [-0.2, 0) is 0 Å². The first kappa shape index (κ1) is 11.5. The molecule has 3 rings (SSSR count). The summed E-state index contributed by atoms with van der Waals surface area (Å²) in [6.07, 6.45) is 0. The minimum Gasteiger partial charge on any atom is -0.456 e. The summed E-state index contributed by atoms with van der Waals surface area (Å²) >= 11 is 0. The molecule has 0 aliphatic rings. The lowest BCUT2D eigenvalue weighted by Gasteiger charge is -2.05. The lowest BCUT2D eigenvalue weighted by molar-refractivity contribution is -0.00558. The first-order valence-electron chi connectivity index (χ1n) is 5.70. The van der Waals surface area contributed by atoms with E-state index in [2.05, 4.69) is 4.94 Å². The first-order chi connectivity index (χ1) is 9.29. The minimum absolute atomic E-state index is 0.0148. The third-order valence-corrected chi connectivity index (χ3v) is 2.87. The van der Waals surface area contributed by atoms with E-state index in [1.54, 1.807) is 42.5 Å². The zero-order valence-corrected chi connectivity index (χ0v) is 9.80. The number of hydrogen-bond donors (Lipinski definition) is 0. The molecule has 0 aliphatic carbocycles. The van der Waals surface area contributed by atoms with Crippen molar-refractivity contribution in [3.8, 4) is 17.1 Å². The molecule has 0 saturated carbocycles. The van der Waals surface area contributed by atoms with Crippen molar-refractivity contribution < 1.29 is 13.9 Å². The van der Waals surface area contributed by atoms with E-state index in [0.29, 0.717) is 16.5 Å². The highest BCUT2D eigenvalue weighted by atomic mass is 19.3. The maximum absolute atomic E-state index is 12.5. The maximum atomic E-state index is 12.5. The molecule has 19 heavy (non-hydrogen) atoms. The molecule has 0 aliphatic heterocycles. The predicted molar refractivity (Wildman–Crippen MR) is 69.7 cm³/mol. The quantitative estimate of drug-likeness (QED) is 0.701. The van der Waals surface area contributed by atoms with Crippen molar-refractivity contribution in [2.45, 2.75) is 0 Å². The van der Waals surface area contributed by atoms with Crippen LogP contribution in [0.4, 0.5) is 4.53 Å². The van der Waals surface area contributed by atoms with Crippen molar-refractivity contribution in [3.63, 3.8) is 0 Å². The summed E-state index contributed by atoms with van der Waals surface area (Å²) in [6.45, 7) is 0. The fourth-order valence-electron chi connectivity index (χ4n) is 1.97. The molecule has 94 valence electrons. The summed E-state index contributed by atoms with van der Waals surface area (Å²) in [5.74, 6) is 0.290. The van der Waals surface area contributed by atoms with E-state index in [0.717, 1.165) is 0 Å². The van der Waals surface area contributed by atoms with Gasteiger partial charge in [0.2, 0.25) is 0 Å². The van der Waals surface area contributed by atoms with Gasteiger partial charge >= 0.3 is 0 Å². The first-order valence-corrected chi connectivity index (χ1v) is 5.70. The predicted octanol–water partition coefficient (Wildman–Crippen LogP) is 3.72. The molecule has 3 nitrogen and oxygen atoms in total. The molecule has 0 spiro atoms. The molecule has 0 amide bonds. The zero-order chi connectivity index (χ0) is 13.2. The Hall–Kier alpha value is -2.62. The van der Waals surface area contributed by atoms with Crippen LogP contribution in [0.1, 0.15) is 0 Å². The molecule has 0 bridgehead atoms. The van der Waals surface area contributed by atoms with E-state index >= 15 is 0 Å². The highest BCUT2D eigenvalue weighted by molar-refractivity contribution is 5.79. The van der Waals surface area contributed by atoms with E-state index in [1.807, 2.05) is 0 Å². The smallest absolute Gasteiger partial charge is 0.193 e. The number of hydrogen-bond acceptors (Lipinski definition) is 3. The van der Waals surface area contributed by atoms with E-state index in [4.69, 9.17) is 4.42 Å². The van der Waals surface area contributed by atoms with E-state index in [-0.39, 0.29) is 16.9 Å². The van der Waals surface area contributed by atoms with Crippen molar-refractivity contribution in [1.29, 1.82) is 0 Å². The molecule has 0 atom stereocenters. The van der Waals surface area contributed by atoms with Crippen molar-refractivity contribution in [1.82, 2.24) is 0 Å². The Balaban J connectivity index is 2.29. The molecule has 1 heterocycles. The third-order valence-electron chi connectivity index (χ3n) is 2.87. The van der Waals surface area contributed by atoms with Gasteiger partial charge in [-0.1, -0.05) is 24.3 Å². The van der Waals surface area contributed by atoms with Crippen molar-refractivity contribution >= 4 is 11.0 Å². The molecule has 1 aromatic heterocycles. The summed E-state index contributed by atoms with van der Waals surface area (Å²) in [5.41, 5.74) is 0.678. The van der Waals surface area contributed by atoms with Crippen LogP contribution in [0.3, 0.4) is 0 Å². The molecule has 2 aromatic carbocycles. The van der Waals surface area contributed by atoms with Crippen LogP contribution >= 0.6 is 0 Å². The van der Waals surface area contributed by atoms with Crippen LogP contribution < -0.4 is 10.4 Å². The molecule has 0 radical (unpaired) electrons. The Bertz CT molecular complexity index is 792. The van der Waals surface area contributed by atoms with Gasteiger partial charge in [-0.25, -0.2) is 0 Å². The van der Waals surface area contributed by atoms with Gasteiger partial charge in [0, 0.05) is 10.6 Å². The zero-order valence-electron chi connectivity index (χ0n) is 9.80. The number of fused-ring (bicyclic) bond motifs is 1. The van der Waals surface area contributed by atoms with Gasteiger partial charge in [0.1, 0.15) is 11.3 Å². The maximum Gasteiger partial charge on any atom is 0.193 e. The molecule has 0 saturated heterocycles. The standard InChI is InChI=1S/C15H9FO3/c16-19-14-8-4-2-6-11(14)15-9-12(17)10-5-1-3-7-13(10)18-15/h1-9H. The molecule has 0 unspecified atom stereocenters. The average molecular weight is 256 g/mol. The van der Waals surface area contributed by atoms with E-state index in [1.165, 1.54) is 12.1 Å². The van der Waals surface area contributed by atoms with Crippen LogP contribution in [0.5, 0.6) is 5.75 Å². The highest BCUT2D eigenvalue weighted by Crippen LogP contribution is 2.30. The number of halogens is 1. The summed E-state index contributed by atoms with van der Waals surface area (Å²) in [4.78, 5) is 15.8. The normalized spacial score (nSPS) is 10.6. The van der Waals surface area contributed by atoms with Gasteiger partial charge in [-0.3, -0.25) is 9.74 Å². The van der Waals surface area contributed by atoms with Crippen LogP contribution in [-0.4, -0.2) is 0 Å². The van der Waals surface area contributed by atoms with Crippen LogP contribution in [0.25, 0.3) is 22.3 Å². The van der Waals surface area contributed by atoms with Crippen LogP contribution in [0.2, 0.25) is 0 Å². The third kappa shape index (κ3) is 1.97. The molecule has 4 heteroatoms. The van der Waals surface area contributed by atoms with Crippen molar-refractivity contribution in [3.05, 3.63) is 64.8 Å². The van der Waals surface area contributed by atoms with Crippen molar-refractivity contribution in [2.24, 2.45) is 0 Å². The Labute approximate surface area is 107 Å². The summed E-state index contributed by atoms with van der Waals surface area (Å²) in [6, 6.07) is 14.7. The summed E-state index contributed by atoms with van der Waals surface area (Å²) in [5, 5.41) is 0.491. The average Bonchev–Trinajstić information content (AvgIpc) is 2.47. The van der Waals surface area contributed by atoms with Gasteiger partial charge in [0.05, 0.1) is 10.9 Å². The Morgan fingerprint density at radius 2 is 1.74 bits per heavy atom. The van der Waals surface area contributed by atoms with Gasteiger partial charge < -0.3 is 4.42 Å². The molecule has 3 aromatic rings. The summed E-state index contributed by atoms with van der Waals surface area (Å²) in [7, 11) is 0. The number of rotatable bonds is 2. The van der Waals surface area contributed by atoms with E-state index < -0.39 is 0 Å². The Morgan fingerprint density at radius 1 is 1.00 bits per heavy atom. The van der Waals surface area contributed by atoms with Crippen LogP contribution in [0.15, 0.2) is 63.8 Å². The fraction of sp³-hybridized carbons (Fsp3) is 0. The second kappa shape index (κ2) is 4.57. The minimum atomic E-state index is -0.175. The highest BCUT2D eigenvalue weighted by Gasteiger charge is 2.11. The fourth-order valence-corrected chi connectivity index (χ4v) is 1.97. The molecule has 0 fully saturated rings. The van der Waals surface area contributed by atoms with Gasteiger partial charge in [0.15, 0.2) is 11.2 Å². The van der Waals surface area contributed by atoms with Gasteiger partial charge in [-0.15, -0.1) is 0 Å². The topological polar surface area (TPSA) is 39.4 Å². The van der Waals surface area contributed by atoms with Gasteiger partial charge in [0.25, 0.3) is 0 Å². The SMILES string of the molecule is O=c1cc(-c2ccccc2OF)oc2ccccc12. The molecular weight excluding hydrogens is 247 g/mol. The van der Waals surface area contributed by atoms with Gasteiger partial charge in [-0.05, 0) is 24.3 Å². The molecule has 0 N–H and O–H groups in total. The second-order valence-electron chi connectivity index (χ2n) is 4.04. The summed E-state index contributed by atoms with van der Waals surface area (Å²) < 4.78 is 18.1. The second-order valence-corrected chi connectivity index (χ2v) is 4.04. The van der Waals surface area contributed by atoms with Gasteiger partial charge in [-0.2, -0.15) is 0 Å². The lowest BCUT2D eigenvalue weighted by atomic mass is 10.1. The van der Waals surface area contributed by atoms with Crippen LogP contribution in [0, 0.1) is 0 Å². The van der Waals surface area contributed by atoms with Crippen molar-refractivity contribution in [2.75, 3.05) is 0 Å².